The average Bonchev–Trinajstić information content (AvgIpc) is 2.97. The third-order valence-electron chi connectivity index (χ3n) is 5.03. The highest BCUT2D eigenvalue weighted by molar-refractivity contribution is 7.80. The number of ether oxygens (including phenoxy) is 2. The van der Waals surface area contributed by atoms with Crippen molar-refractivity contribution in [2.75, 3.05) is 26.1 Å². The number of hydrogen-bond acceptors (Lipinski definition) is 5. The maximum absolute atomic E-state index is 12.7. The summed E-state index contributed by atoms with van der Waals surface area (Å²) in [7, 11) is 3.25. The van der Waals surface area contributed by atoms with Crippen molar-refractivity contribution < 1.29 is 19.1 Å². The maximum Gasteiger partial charge on any atom is 0.251 e. The molecule has 31 heavy (non-hydrogen) atoms. The largest absolute Gasteiger partial charge is 0.497 e. The molecular formula is C23H27N3O4S. The summed E-state index contributed by atoms with van der Waals surface area (Å²) < 4.78 is 10.7. The monoisotopic (exact) mass is 441 g/mol. The van der Waals surface area contributed by atoms with Gasteiger partial charge in [0.25, 0.3) is 5.91 Å². The molecule has 8 heteroatoms. The highest BCUT2D eigenvalue weighted by atomic mass is 32.1. The number of benzene rings is 2. The van der Waals surface area contributed by atoms with Crippen LogP contribution in [0.5, 0.6) is 11.5 Å². The van der Waals surface area contributed by atoms with Crippen LogP contribution in [0.15, 0.2) is 48.5 Å². The lowest BCUT2D eigenvalue weighted by Crippen LogP contribution is -2.37. The van der Waals surface area contributed by atoms with Crippen molar-refractivity contribution in [3.8, 4) is 11.5 Å². The van der Waals surface area contributed by atoms with Crippen molar-refractivity contribution in [2.45, 2.75) is 32.4 Å². The highest BCUT2D eigenvalue weighted by Crippen LogP contribution is 2.24. The molecule has 1 heterocycles. The quantitative estimate of drug-likeness (QED) is 0.601. The van der Waals surface area contributed by atoms with Crippen LogP contribution < -0.4 is 14.8 Å². The molecule has 1 saturated heterocycles. The summed E-state index contributed by atoms with van der Waals surface area (Å²) in [6, 6.07) is 14.1. The van der Waals surface area contributed by atoms with E-state index < -0.39 is 6.04 Å². The van der Waals surface area contributed by atoms with Gasteiger partial charge in [0.2, 0.25) is 5.91 Å². The number of methoxy groups -OCH3 is 1. The van der Waals surface area contributed by atoms with Gasteiger partial charge in [0, 0.05) is 19.3 Å². The van der Waals surface area contributed by atoms with Crippen LogP contribution in [-0.2, 0) is 16.1 Å². The zero-order valence-corrected chi connectivity index (χ0v) is 18.8. The van der Waals surface area contributed by atoms with Gasteiger partial charge in [-0.3, -0.25) is 14.5 Å². The normalized spacial score (nSPS) is 15.9. The van der Waals surface area contributed by atoms with Gasteiger partial charge in [0.1, 0.15) is 17.5 Å². The third-order valence-corrected chi connectivity index (χ3v) is 5.53. The fourth-order valence-corrected chi connectivity index (χ4v) is 3.60. The molecule has 3 rings (SSSR count). The molecule has 1 aliphatic heterocycles. The highest BCUT2D eigenvalue weighted by Gasteiger charge is 2.41. The fourth-order valence-electron chi connectivity index (χ4n) is 3.32. The fraction of sp³-hybridized carbons (Fsp3) is 0.348. The second-order valence-electron chi connectivity index (χ2n) is 7.30. The standard InChI is InChI=1S/C23H27N3O4S/c1-4-13-30-19-11-7-17(8-12-19)24-21(27)14-20-22(28)25(2)23(31)26(20)15-16-5-9-18(29-3)10-6-16/h5-12,20H,4,13-15H2,1-3H3,(H,24,27)/t20-/m1/s1. The van der Waals surface area contributed by atoms with E-state index in [2.05, 4.69) is 5.32 Å². The number of nitrogens with one attached hydrogen (secondary N) is 1. The number of carbonyl (C=O) groups excluding carboxylic acids is 2. The molecule has 0 bridgehead atoms. The summed E-state index contributed by atoms with van der Waals surface area (Å²) in [6.45, 7) is 3.12. The Hall–Kier alpha value is -3.13. The molecule has 7 nitrogen and oxygen atoms in total. The van der Waals surface area contributed by atoms with E-state index in [1.807, 2.05) is 43.3 Å². The molecule has 0 aliphatic carbocycles. The van der Waals surface area contributed by atoms with Crippen LogP contribution in [-0.4, -0.2) is 53.5 Å². The SMILES string of the molecule is CCCOc1ccc(NC(=O)C[C@@H]2C(=O)N(C)C(=S)N2Cc2ccc(OC)cc2)cc1. The van der Waals surface area contributed by atoms with E-state index in [-0.39, 0.29) is 18.2 Å². The molecule has 0 radical (unpaired) electrons. The molecule has 0 aromatic heterocycles. The van der Waals surface area contributed by atoms with E-state index in [9.17, 15) is 9.59 Å². The van der Waals surface area contributed by atoms with Gasteiger partial charge in [-0.1, -0.05) is 19.1 Å². The van der Waals surface area contributed by atoms with E-state index in [1.165, 1.54) is 4.90 Å². The minimum absolute atomic E-state index is 0.00749. The molecule has 0 unspecified atom stereocenters. The lowest BCUT2D eigenvalue weighted by Gasteiger charge is -2.23. The van der Waals surface area contributed by atoms with E-state index in [0.29, 0.717) is 24.0 Å². The maximum atomic E-state index is 12.7. The zero-order valence-electron chi connectivity index (χ0n) is 18.0. The first kappa shape index (κ1) is 22.6. The smallest absolute Gasteiger partial charge is 0.251 e. The molecule has 2 amide bonds. The average molecular weight is 442 g/mol. The van der Waals surface area contributed by atoms with Crippen LogP contribution >= 0.6 is 12.2 Å². The van der Waals surface area contributed by atoms with Crippen molar-refractivity contribution in [1.82, 2.24) is 9.80 Å². The van der Waals surface area contributed by atoms with Crippen molar-refractivity contribution in [2.24, 2.45) is 0 Å². The summed E-state index contributed by atoms with van der Waals surface area (Å²) in [5.74, 6) is 1.07. The molecule has 2 aromatic carbocycles. The van der Waals surface area contributed by atoms with Crippen molar-refractivity contribution in [3.05, 3.63) is 54.1 Å². The molecular weight excluding hydrogens is 414 g/mol. The topological polar surface area (TPSA) is 71.1 Å². The van der Waals surface area contributed by atoms with Crippen LogP contribution in [0.1, 0.15) is 25.3 Å². The predicted molar refractivity (Wildman–Crippen MR) is 123 cm³/mol. The Morgan fingerprint density at radius 3 is 2.35 bits per heavy atom. The van der Waals surface area contributed by atoms with Crippen LogP contribution in [0.25, 0.3) is 0 Å². The Morgan fingerprint density at radius 1 is 1.10 bits per heavy atom. The first-order chi connectivity index (χ1) is 14.9. The van der Waals surface area contributed by atoms with Gasteiger partial charge in [0.05, 0.1) is 20.1 Å². The molecule has 0 spiro atoms. The zero-order chi connectivity index (χ0) is 22.4. The minimum atomic E-state index is -0.647. The second-order valence-corrected chi connectivity index (χ2v) is 7.66. The lowest BCUT2D eigenvalue weighted by atomic mass is 10.1. The number of nitrogens with zero attached hydrogens (tertiary/aromatic N) is 2. The van der Waals surface area contributed by atoms with Crippen molar-refractivity contribution in [3.63, 3.8) is 0 Å². The molecule has 164 valence electrons. The molecule has 1 fully saturated rings. The first-order valence-electron chi connectivity index (χ1n) is 10.2. The summed E-state index contributed by atoms with van der Waals surface area (Å²) >= 11 is 5.46. The van der Waals surface area contributed by atoms with Gasteiger partial charge >= 0.3 is 0 Å². The Bertz CT molecular complexity index is 931. The number of hydrogen-bond donors (Lipinski definition) is 1. The van der Waals surface area contributed by atoms with E-state index in [1.54, 1.807) is 31.2 Å². The van der Waals surface area contributed by atoms with Gasteiger partial charge in [-0.05, 0) is 60.6 Å². The Balaban J connectivity index is 1.65. The number of rotatable bonds is 9. The van der Waals surface area contributed by atoms with Crippen LogP contribution in [0, 0.1) is 0 Å². The van der Waals surface area contributed by atoms with Crippen LogP contribution in [0.2, 0.25) is 0 Å². The lowest BCUT2D eigenvalue weighted by molar-refractivity contribution is -0.130. The summed E-state index contributed by atoms with van der Waals surface area (Å²) in [4.78, 5) is 28.6. The number of likely N-dealkylation sites (N-methyl/N-ethyl adjacent to an activating group) is 1. The Morgan fingerprint density at radius 2 is 1.74 bits per heavy atom. The van der Waals surface area contributed by atoms with Crippen LogP contribution in [0.3, 0.4) is 0 Å². The second kappa shape index (κ2) is 10.3. The number of amides is 2. The third kappa shape index (κ3) is 5.52. The van der Waals surface area contributed by atoms with E-state index in [0.717, 1.165) is 23.5 Å². The number of anilines is 1. The first-order valence-corrected chi connectivity index (χ1v) is 10.6. The van der Waals surface area contributed by atoms with Crippen LogP contribution in [0.4, 0.5) is 5.69 Å². The van der Waals surface area contributed by atoms with Gasteiger partial charge in [0.15, 0.2) is 5.11 Å². The minimum Gasteiger partial charge on any atom is -0.497 e. The van der Waals surface area contributed by atoms with Gasteiger partial charge in [-0.2, -0.15) is 0 Å². The predicted octanol–water partition coefficient (Wildman–Crippen LogP) is 3.44. The molecule has 1 atom stereocenters. The Labute approximate surface area is 187 Å². The summed E-state index contributed by atoms with van der Waals surface area (Å²) in [6.07, 6.45) is 0.935. The van der Waals surface area contributed by atoms with Gasteiger partial charge in [-0.25, -0.2) is 0 Å². The molecule has 1 aliphatic rings. The Kier molecular flexibility index (Phi) is 7.46. The molecule has 0 saturated carbocycles. The summed E-state index contributed by atoms with van der Waals surface area (Å²) in [5.41, 5.74) is 1.62. The number of thiocarbonyl (C=S) groups is 1. The van der Waals surface area contributed by atoms with Crippen molar-refractivity contribution in [1.29, 1.82) is 0 Å². The van der Waals surface area contributed by atoms with Gasteiger partial charge in [-0.15, -0.1) is 0 Å². The van der Waals surface area contributed by atoms with Gasteiger partial charge < -0.3 is 19.7 Å². The molecule has 2 aromatic rings. The number of carbonyl (C=O) groups is 2. The van der Waals surface area contributed by atoms with Crippen molar-refractivity contribution >= 4 is 34.8 Å². The van der Waals surface area contributed by atoms with E-state index in [4.69, 9.17) is 21.7 Å². The summed E-state index contributed by atoms with van der Waals surface area (Å²) in [5, 5.41) is 3.26. The molecule has 1 N–H and O–H groups in total. The van der Waals surface area contributed by atoms with E-state index >= 15 is 0 Å².